The smallest absolute Gasteiger partial charge is 0.490 e. The van der Waals surface area contributed by atoms with Crippen molar-refractivity contribution in [3.63, 3.8) is 0 Å². The van der Waals surface area contributed by atoms with Gasteiger partial charge in [-0.05, 0) is 69.1 Å². The summed E-state index contributed by atoms with van der Waals surface area (Å²) in [5.74, 6) is 0.956. The molecule has 1 aliphatic heterocycles. The second-order valence-corrected chi connectivity index (χ2v) is 8.90. The van der Waals surface area contributed by atoms with E-state index in [1.807, 2.05) is 6.07 Å². The van der Waals surface area contributed by atoms with Crippen molar-refractivity contribution in [2.75, 3.05) is 0 Å². The summed E-state index contributed by atoms with van der Waals surface area (Å²) in [7, 11) is -0.329. The zero-order valence-electron chi connectivity index (χ0n) is 15.5. The van der Waals surface area contributed by atoms with E-state index >= 15 is 0 Å². The lowest BCUT2D eigenvalue weighted by molar-refractivity contribution is 0.00578. The van der Waals surface area contributed by atoms with Gasteiger partial charge in [0.25, 0.3) is 0 Å². The average molecular weight is 316 g/mol. The fourth-order valence-corrected chi connectivity index (χ4v) is 2.81. The molecule has 0 N–H and O–H groups in total. The maximum atomic E-state index is 6.26. The van der Waals surface area contributed by atoms with E-state index in [2.05, 4.69) is 60.6 Å². The van der Waals surface area contributed by atoms with E-state index in [9.17, 15) is 0 Å². The van der Waals surface area contributed by atoms with Gasteiger partial charge in [-0.1, -0.05) is 26.8 Å². The molecule has 0 unspecified atom stereocenters. The van der Waals surface area contributed by atoms with E-state index in [0.717, 1.165) is 11.2 Å². The highest BCUT2D eigenvalue weighted by Gasteiger charge is 2.52. The minimum absolute atomic E-state index is 0.00184. The highest BCUT2D eigenvalue weighted by atomic mass is 16.7. The number of rotatable bonds is 3. The molecule has 23 heavy (non-hydrogen) atoms. The second-order valence-electron chi connectivity index (χ2n) is 8.90. The molecule has 0 atom stereocenters. The normalized spacial score (nSPS) is 23.2. The van der Waals surface area contributed by atoms with E-state index in [1.165, 1.54) is 18.4 Å². The minimum atomic E-state index is -0.329. The Bertz CT molecular complexity index is 581. The van der Waals surface area contributed by atoms with Gasteiger partial charge in [-0.15, -0.1) is 0 Å². The fraction of sp³-hybridized carbons (Fsp3) is 0.684. The third kappa shape index (κ3) is 3.29. The van der Waals surface area contributed by atoms with Crippen molar-refractivity contribution >= 4 is 12.6 Å². The highest BCUT2D eigenvalue weighted by Crippen LogP contribution is 2.38. The third-order valence-corrected chi connectivity index (χ3v) is 5.17. The average Bonchev–Trinajstić information content (AvgIpc) is 3.16. The zero-order valence-corrected chi connectivity index (χ0v) is 15.5. The van der Waals surface area contributed by atoms with Gasteiger partial charge >= 0.3 is 7.12 Å². The minimum Gasteiger partial charge on any atom is -0.490 e. The van der Waals surface area contributed by atoms with Gasteiger partial charge in [-0.3, -0.25) is 0 Å². The van der Waals surface area contributed by atoms with Gasteiger partial charge in [0.05, 0.1) is 17.3 Å². The summed E-state index contributed by atoms with van der Waals surface area (Å²) in [5, 5.41) is 0. The van der Waals surface area contributed by atoms with Crippen LogP contribution in [0.2, 0.25) is 0 Å². The van der Waals surface area contributed by atoms with Crippen LogP contribution in [0.3, 0.4) is 0 Å². The Balaban J connectivity index is 1.95. The molecule has 0 amide bonds. The molecule has 1 heterocycles. The van der Waals surface area contributed by atoms with E-state index in [4.69, 9.17) is 14.0 Å². The first-order valence-corrected chi connectivity index (χ1v) is 8.66. The standard InChI is InChI=1S/C19H29BO3/c1-17(2,3)15-12-14(21-13-8-9-13)10-11-16(15)20-22-18(4,5)19(6,7)23-20/h10-13H,8-9H2,1-7H3. The van der Waals surface area contributed by atoms with Crippen LogP contribution in [0.4, 0.5) is 0 Å². The van der Waals surface area contributed by atoms with Crippen LogP contribution in [0.5, 0.6) is 5.75 Å². The van der Waals surface area contributed by atoms with Gasteiger partial charge in [-0.2, -0.15) is 0 Å². The molecule has 0 spiro atoms. The lowest BCUT2D eigenvalue weighted by atomic mass is 9.69. The molecule has 126 valence electrons. The summed E-state index contributed by atoms with van der Waals surface area (Å²) in [5.41, 5.74) is 1.70. The zero-order chi connectivity index (χ0) is 17.0. The lowest BCUT2D eigenvalue weighted by Crippen LogP contribution is -2.41. The first-order valence-electron chi connectivity index (χ1n) is 8.66. The number of hydrogen-bond donors (Lipinski definition) is 0. The Hall–Kier alpha value is -0.995. The quantitative estimate of drug-likeness (QED) is 0.793. The summed E-state index contributed by atoms with van der Waals surface area (Å²) in [6.45, 7) is 15.0. The molecule has 1 aromatic rings. The summed E-state index contributed by atoms with van der Waals surface area (Å²) in [6, 6.07) is 6.33. The molecule has 1 aliphatic carbocycles. The number of ether oxygens (including phenoxy) is 1. The molecule has 2 aliphatic rings. The lowest BCUT2D eigenvalue weighted by Gasteiger charge is -2.32. The van der Waals surface area contributed by atoms with E-state index in [1.54, 1.807) is 0 Å². The van der Waals surface area contributed by atoms with Gasteiger partial charge in [-0.25, -0.2) is 0 Å². The number of hydrogen-bond acceptors (Lipinski definition) is 3. The monoisotopic (exact) mass is 316 g/mol. The van der Waals surface area contributed by atoms with Gasteiger partial charge in [0.2, 0.25) is 0 Å². The predicted molar refractivity (Wildman–Crippen MR) is 94.5 cm³/mol. The van der Waals surface area contributed by atoms with Crippen LogP contribution in [0.1, 0.15) is 66.9 Å². The molecule has 0 radical (unpaired) electrons. The molecule has 3 rings (SSSR count). The molecule has 0 bridgehead atoms. The Labute approximate surface area is 140 Å². The molecule has 3 nitrogen and oxygen atoms in total. The molecule has 1 saturated carbocycles. The van der Waals surface area contributed by atoms with E-state index < -0.39 is 0 Å². The van der Waals surface area contributed by atoms with Crippen LogP contribution < -0.4 is 10.2 Å². The molecule has 4 heteroatoms. The number of benzene rings is 1. The fourth-order valence-electron chi connectivity index (χ4n) is 2.81. The summed E-state index contributed by atoms with van der Waals surface area (Å²) < 4.78 is 18.5. The summed E-state index contributed by atoms with van der Waals surface area (Å²) >= 11 is 0. The van der Waals surface area contributed by atoms with Crippen molar-refractivity contribution in [1.82, 2.24) is 0 Å². The van der Waals surface area contributed by atoms with Gasteiger partial charge in [0.15, 0.2) is 0 Å². The Kier molecular flexibility index (Phi) is 3.85. The van der Waals surface area contributed by atoms with Crippen molar-refractivity contribution in [2.24, 2.45) is 0 Å². The van der Waals surface area contributed by atoms with Crippen LogP contribution in [-0.2, 0) is 14.7 Å². The van der Waals surface area contributed by atoms with Crippen LogP contribution in [0.25, 0.3) is 0 Å². The van der Waals surface area contributed by atoms with Crippen molar-refractivity contribution in [2.45, 2.75) is 84.0 Å². The van der Waals surface area contributed by atoms with Crippen LogP contribution in [0, 0.1) is 0 Å². The highest BCUT2D eigenvalue weighted by molar-refractivity contribution is 6.62. The van der Waals surface area contributed by atoms with Gasteiger partial charge in [0.1, 0.15) is 5.75 Å². The van der Waals surface area contributed by atoms with Crippen LogP contribution in [-0.4, -0.2) is 24.4 Å². The summed E-state index contributed by atoms with van der Waals surface area (Å²) in [4.78, 5) is 0. The van der Waals surface area contributed by atoms with Crippen LogP contribution >= 0.6 is 0 Å². The van der Waals surface area contributed by atoms with E-state index in [0.29, 0.717) is 6.10 Å². The molecular formula is C19H29BO3. The Morgan fingerprint density at radius 1 is 1.04 bits per heavy atom. The third-order valence-electron chi connectivity index (χ3n) is 5.17. The maximum Gasteiger partial charge on any atom is 0.495 e. The first kappa shape index (κ1) is 16.8. The van der Waals surface area contributed by atoms with Gasteiger partial charge in [0, 0.05) is 0 Å². The first-order chi connectivity index (χ1) is 10.5. The van der Waals surface area contributed by atoms with Crippen molar-refractivity contribution in [3.05, 3.63) is 23.8 Å². The van der Waals surface area contributed by atoms with Crippen molar-refractivity contribution in [1.29, 1.82) is 0 Å². The van der Waals surface area contributed by atoms with Crippen molar-refractivity contribution in [3.8, 4) is 5.75 Å². The second kappa shape index (κ2) is 5.25. The molecular weight excluding hydrogens is 287 g/mol. The maximum absolute atomic E-state index is 6.26. The largest absolute Gasteiger partial charge is 0.495 e. The van der Waals surface area contributed by atoms with Gasteiger partial charge < -0.3 is 14.0 Å². The molecule has 0 aromatic heterocycles. The Morgan fingerprint density at radius 3 is 2.09 bits per heavy atom. The molecule has 1 saturated heterocycles. The van der Waals surface area contributed by atoms with E-state index in [-0.39, 0.29) is 23.7 Å². The summed E-state index contributed by atoms with van der Waals surface area (Å²) in [6.07, 6.45) is 2.75. The Morgan fingerprint density at radius 2 is 1.61 bits per heavy atom. The SMILES string of the molecule is CC(C)(C)c1cc(OC2CC2)ccc1B1OC(C)(C)C(C)(C)O1. The predicted octanol–water partition coefficient (Wildman–Crippen LogP) is 3.82. The molecule has 2 fully saturated rings. The topological polar surface area (TPSA) is 27.7 Å². The van der Waals surface area contributed by atoms with Crippen LogP contribution in [0.15, 0.2) is 18.2 Å². The van der Waals surface area contributed by atoms with Crippen molar-refractivity contribution < 1.29 is 14.0 Å². The molecule has 1 aromatic carbocycles.